The van der Waals surface area contributed by atoms with E-state index in [1.165, 1.54) is 7.11 Å². The minimum absolute atomic E-state index is 0.0396. The van der Waals surface area contributed by atoms with Gasteiger partial charge in [0.25, 0.3) is 0 Å². The van der Waals surface area contributed by atoms with E-state index in [1.807, 2.05) is 13.8 Å². The normalized spacial score (nSPS) is 29.6. The van der Waals surface area contributed by atoms with Crippen molar-refractivity contribution in [2.75, 3.05) is 7.11 Å². The molecule has 2 saturated heterocycles. The van der Waals surface area contributed by atoms with E-state index in [-0.39, 0.29) is 30.1 Å². The molecule has 8 heteroatoms. The number of allylic oxidation sites excluding steroid dienone is 3. The summed E-state index contributed by atoms with van der Waals surface area (Å²) in [4.78, 5) is 36.8. The molecule has 0 saturated carbocycles. The van der Waals surface area contributed by atoms with Crippen molar-refractivity contribution < 1.29 is 38.4 Å². The van der Waals surface area contributed by atoms with Gasteiger partial charge in [-0.2, -0.15) is 0 Å². The Balaban J connectivity index is 2.10. The summed E-state index contributed by atoms with van der Waals surface area (Å²) in [5.74, 6) is -2.96. The molecule has 0 amide bonds. The molecule has 0 unspecified atom stereocenters. The van der Waals surface area contributed by atoms with Crippen LogP contribution in [0.1, 0.15) is 66.7 Å². The summed E-state index contributed by atoms with van der Waals surface area (Å²) in [6.07, 6.45) is 4.09. The lowest BCUT2D eigenvalue weighted by Crippen LogP contribution is -2.49. The molecular formula is C25H36O8. The zero-order chi connectivity index (χ0) is 25.0. The van der Waals surface area contributed by atoms with Crippen LogP contribution in [0.2, 0.25) is 0 Å². The molecule has 2 aliphatic rings. The molecule has 184 valence electrons. The first-order valence-corrected chi connectivity index (χ1v) is 11.3. The molecular weight excluding hydrogens is 428 g/mol. The van der Waals surface area contributed by atoms with Crippen LogP contribution >= 0.6 is 0 Å². The van der Waals surface area contributed by atoms with E-state index in [2.05, 4.69) is 6.58 Å². The fourth-order valence-corrected chi connectivity index (χ4v) is 4.11. The minimum Gasteiger partial charge on any atom is -0.511 e. The molecule has 0 aromatic rings. The van der Waals surface area contributed by atoms with Gasteiger partial charge in [0.05, 0.1) is 7.11 Å². The van der Waals surface area contributed by atoms with E-state index in [1.54, 1.807) is 32.9 Å². The van der Waals surface area contributed by atoms with E-state index in [4.69, 9.17) is 18.9 Å². The highest BCUT2D eigenvalue weighted by Gasteiger charge is 2.59. The van der Waals surface area contributed by atoms with E-state index in [0.717, 1.165) is 12.0 Å². The molecule has 2 aliphatic heterocycles. The van der Waals surface area contributed by atoms with Crippen molar-refractivity contribution in [3.63, 3.8) is 0 Å². The number of esters is 2. The van der Waals surface area contributed by atoms with Crippen molar-refractivity contribution >= 4 is 17.7 Å². The molecule has 0 radical (unpaired) electrons. The van der Waals surface area contributed by atoms with Crippen LogP contribution in [0.25, 0.3) is 0 Å². The Kier molecular flexibility index (Phi) is 8.65. The van der Waals surface area contributed by atoms with Gasteiger partial charge in [-0.05, 0) is 45.6 Å². The lowest BCUT2D eigenvalue weighted by molar-refractivity contribution is -0.179. The maximum Gasteiger partial charge on any atom is 0.345 e. The third-order valence-corrected chi connectivity index (χ3v) is 5.95. The first kappa shape index (κ1) is 26.8. The van der Waals surface area contributed by atoms with Crippen LogP contribution in [-0.4, -0.2) is 53.5 Å². The van der Waals surface area contributed by atoms with Gasteiger partial charge in [-0.1, -0.05) is 38.5 Å². The topological polar surface area (TPSA) is 108 Å². The Morgan fingerprint density at radius 2 is 2.00 bits per heavy atom. The molecule has 0 bridgehead atoms. The SMILES string of the molecule is C=C(C/C=C/[C@]1(C(=O)OC)OC(C)(C)O[C@@H]1[C@@H](C)CC)CC/C(O)=C1\C(=O)C[C@@H](C)OC1=O. The molecule has 0 aliphatic carbocycles. The van der Waals surface area contributed by atoms with E-state index in [0.29, 0.717) is 12.8 Å². The molecule has 33 heavy (non-hydrogen) atoms. The van der Waals surface area contributed by atoms with E-state index >= 15 is 0 Å². The average molecular weight is 465 g/mol. The zero-order valence-electron chi connectivity index (χ0n) is 20.4. The number of hydrogen-bond acceptors (Lipinski definition) is 8. The highest BCUT2D eigenvalue weighted by Crippen LogP contribution is 2.42. The second-order valence-electron chi connectivity index (χ2n) is 9.23. The highest BCUT2D eigenvalue weighted by molar-refractivity contribution is 6.19. The summed E-state index contributed by atoms with van der Waals surface area (Å²) < 4.78 is 22.2. The lowest BCUT2D eigenvalue weighted by Gasteiger charge is -2.30. The number of hydrogen-bond donors (Lipinski definition) is 1. The summed E-state index contributed by atoms with van der Waals surface area (Å²) in [6, 6.07) is 0. The molecule has 4 atom stereocenters. The molecule has 8 nitrogen and oxygen atoms in total. The van der Waals surface area contributed by atoms with Crippen LogP contribution in [0.3, 0.4) is 0 Å². The number of cyclic esters (lactones) is 1. The number of rotatable bonds is 9. The number of carbonyl (C=O) groups excluding carboxylic acids is 3. The summed E-state index contributed by atoms with van der Waals surface area (Å²) >= 11 is 0. The van der Waals surface area contributed by atoms with Crippen LogP contribution in [0.15, 0.2) is 35.6 Å². The Morgan fingerprint density at radius 1 is 1.33 bits per heavy atom. The molecule has 2 rings (SSSR count). The number of ether oxygens (including phenoxy) is 4. The van der Waals surface area contributed by atoms with Gasteiger partial charge in [0, 0.05) is 12.8 Å². The minimum atomic E-state index is -1.38. The standard InChI is InChI=1S/C25H36O8/c1-8-16(3)21-25(23(29)30-7,33-24(5,6)32-21)13-9-10-15(2)11-12-18(26)20-19(27)14-17(4)31-22(20)28/h9,13,16-17,21,26H,2,8,10-12,14H2,1,3-7H3/b13-9+,20-18-/t16-,17+,21+,25-/m0/s1. The Bertz CT molecular complexity index is 832. The Morgan fingerprint density at radius 3 is 2.58 bits per heavy atom. The van der Waals surface area contributed by atoms with Gasteiger partial charge in [-0.15, -0.1) is 0 Å². The van der Waals surface area contributed by atoms with Crippen molar-refractivity contribution in [2.45, 2.75) is 90.3 Å². The maximum absolute atomic E-state index is 12.8. The molecule has 0 aromatic heterocycles. The number of aliphatic hydroxyl groups excluding tert-OH is 1. The van der Waals surface area contributed by atoms with E-state index in [9.17, 15) is 19.5 Å². The van der Waals surface area contributed by atoms with Gasteiger partial charge in [0.2, 0.25) is 5.60 Å². The summed E-state index contributed by atoms with van der Waals surface area (Å²) in [5, 5.41) is 10.3. The van der Waals surface area contributed by atoms with Gasteiger partial charge in [-0.25, -0.2) is 9.59 Å². The van der Waals surface area contributed by atoms with Crippen molar-refractivity contribution in [2.24, 2.45) is 5.92 Å². The average Bonchev–Trinajstić information content (AvgIpc) is 3.01. The van der Waals surface area contributed by atoms with Crippen molar-refractivity contribution in [1.82, 2.24) is 0 Å². The Labute approximate surface area is 195 Å². The largest absolute Gasteiger partial charge is 0.511 e. The second kappa shape index (κ2) is 10.7. The second-order valence-corrected chi connectivity index (χ2v) is 9.23. The number of carbonyl (C=O) groups is 3. The highest BCUT2D eigenvalue weighted by atomic mass is 16.8. The van der Waals surface area contributed by atoms with Gasteiger partial charge < -0.3 is 24.1 Å². The van der Waals surface area contributed by atoms with Crippen LogP contribution in [0, 0.1) is 5.92 Å². The number of ketones is 1. The molecule has 2 heterocycles. The quantitative estimate of drug-likeness (QED) is 0.179. The number of methoxy groups -OCH3 is 1. The van der Waals surface area contributed by atoms with Crippen LogP contribution < -0.4 is 0 Å². The first-order valence-electron chi connectivity index (χ1n) is 11.3. The molecule has 2 fully saturated rings. The van der Waals surface area contributed by atoms with Gasteiger partial charge >= 0.3 is 11.9 Å². The maximum atomic E-state index is 12.8. The summed E-state index contributed by atoms with van der Waals surface area (Å²) in [6.45, 7) is 13.2. The van der Waals surface area contributed by atoms with Gasteiger partial charge in [0.1, 0.15) is 23.5 Å². The smallest absolute Gasteiger partial charge is 0.345 e. The fraction of sp³-hybridized carbons (Fsp3) is 0.640. The summed E-state index contributed by atoms with van der Waals surface area (Å²) in [5.41, 5.74) is -0.926. The Hall–Kier alpha value is -2.45. The third kappa shape index (κ3) is 6.12. The van der Waals surface area contributed by atoms with Crippen LogP contribution in [0.4, 0.5) is 0 Å². The molecule has 0 spiro atoms. The predicted molar refractivity (Wildman–Crippen MR) is 121 cm³/mol. The van der Waals surface area contributed by atoms with Gasteiger partial charge in [0.15, 0.2) is 11.6 Å². The van der Waals surface area contributed by atoms with Crippen molar-refractivity contribution in [1.29, 1.82) is 0 Å². The summed E-state index contributed by atoms with van der Waals surface area (Å²) in [7, 11) is 1.31. The van der Waals surface area contributed by atoms with Crippen molar-refractivity contribution in [3.8, 4) is 0 Å². The fourth-order valence-electron chi connectivity index (χ4n) is 4.11. The zero-order valence-corrected chi connectivity index (χ0v) is 20.4. The lowest BCUT2D eigenvalue weighted by atomic mass is 9.85. The van der Waals surface area contributed by atoms with Crippen molar-refractivity contribution in [3.05, 3.63) is 35.6 Å². The van der Waals surface area contributed by atoms with E-state index < -0.39 is 41.3 Å². The predicted octanol–water partition coefficient (Wildman–Crippen LogP) is 4.10. The van der Waals surface area contributed by atoms with Crippen LogP contribution in [0.5, 0.6) is 0 Å². The third-order valence-electron chi connectivity index (χ3n) is 5.95. The van der Waals surface area contributed by atoms with Gasteiger partial charge in [-0.3, -0.25) is 4.79 Å². The monoisotopic (exact) mass is 464 g/mol. The van der Waals surface area contributed by atoms with Crippen LogP contribution in [-0.2, 0) is 33.3 Å². The molecule has 0 aromatic carbocycles. The first-order chi connectivity index (χ1) is 15.4. The molecule has 1 N–H and O–H groups in total. The number of aliphatic hydroxyl groups is 1. The number of Topliss-reactive ketones (excluding diaryl/α,β-unsaturated/α-hetero) is 1.